The van der Waals surface area contributed by atoms with E-state index in [9.17, 15) is 13.2 Å². The quantitative estimate of drug-likeness (QED) is 0.874. The van der Waals surface area contributed by atoms with Gasteiger partial charge in [0, 0.05) is 25.3 Å². The van der Waals surface area contributed by atoms with Crippen LogP contribution in [0.1, 0.15) is 34.7 Å². The molecule has 1 aromatic heterocycles. The van der Waals surface area contributed by atoms with Crippen LogP contribution >= 0.6 is 0 Å². The standard InChI is InChI=1S/C20H23N3O3S/c24-20(23-8-10-27(25,26)11-9-23)16-6-7-19(21-14-16)22-18-12-17(13-18)15-4-2-1-3-5-15/h1-7,14,17-18H,8-13H2,(H,21,22). The van der Waals surface area contributed by atoms with Gasteiger partial charge < -0.3 is 10.2 Å². The Balaban J connectivity index is 1.30. The number of rotatable bonds is 4. The van der Waals surface area contributed by atoms with Crippen molar-refractivity contribution >= 4 is 21.6 Å². The summed E-state index contributed by atoms with van der Waals surface area (Å²) in [4.78, 5) is 18.4. The number of benzene rings is 1. The largest absolute Gasteiger partial charge is 0.367 e. The third-order valence-electron chi connectivity index (χ3n) is 5.40. The fourth-order valence-electron chi connectivity index (χ4n) is 3.65. The number of sulfone groups is 1. The van der Waals surface area contributed by atoms with Crippen LogP contribution in [0.5, 0.6) is 0 Å². The maximum Gasteiger partial charge on any atom is 0.255 e. The van der Waals surface area contributed by atoms with Crippen molar-refractivity contribution < 1.29 is 13.2 Å². The molecule has 2 aromatic rings. The van der Waals surface area contributed by atoms with Crippen LogP contribution in [0.3, 0.4) is 0 Å². The Morgan fingerprint density at radius 3 is 2.37 bits per heavy atom. The van der Waals surface area contributed by atoms with Crippen LogP contribution in [-0.2, 0) is 9.84 Å². The number of carbonyl (C=O) groups excluding carboxylic acids is 1. The minimum Gasteiger partial charge on any atom is -0.367 e. The van der Waals surface area contributed by atoms with Crippen LogP contribution in [0.15, 0.2) is 48.7 Å². The predicted molar refractivity (Wildman–Crippen MR) is 105 cm³/mol. The lowest BCUT2D eigenvalue weighted by Gasteiger charge is -2.36. The second-order valence-electron chi connectivity index (χ2n) is 7.30. The third-order valence-corrected chi connectivity index (χ3v) is 7.01. The molecular weight excluding hydrogens is 362 g/mol. The summed E-state index contributed by atoms with van der Waals surface area (Å²) in [5.41, 5.74) is 1.88. The van der Waals surface area contributed by atoms with Crippen molar-refractivity contribution in [3.8, 4) is 0 Å². The molecule has 142 valence electrons. The molecule has 0 atom stereocenters. The van der Waals surface area contributed by atoms with E-state index in [1.165, 1.54) is 5.56 Å². The number of hydrogen-bond acceptors (Lipinski definition) is 5. The molecule has 2 fully saturated rings. The van der Waals surface area contributed by atoms with E-state index in [0.29, 0.717) is 17.5 Å². The number of aromatic nitrogens is 1. The summed E-state index contributed by atoms with van der Waals surface area (Å²) in [5, 5.41) is 3.42. The Morgan fingerprint density at radius 2 is 1.74 bits per heavy atom. The van der Waals surface area contributed by atoms with E-state index in [1.54, 1.807) is 17.2 Å². The van der Waals surface area contributed by atoms with Gasteiger partial charge >= 0.3 is 0 Å². The lowest BCUT2D eigenvalue weighted by molar-refractivity contribution is 0.0770. The van der Waals surface area contributed by atoms with E-state index < -0.39 is 9.84 Å². The Labute approximate surface area is 159 Å². The van der Waals surface area contributed by atoms with Crippen molar-refractivity contribution in [2.24, 2.45) is 0 Å². The van der Waals surface area contributed by atoms with Crippen LogP contribution in [0.2, 0.25) is 0 Å². The average molecular weight is 385 g/mol. The van der Waals surface area contributed by atoms with Crippen molar-refractivity contribution in [1.29, 1.82) is 0 Å². The SMILES string of the molecule is O=C(c1ccc(NC2CC(c3ccccc3)C2)nc1)N1CCS(=O)(=O)CC1. The van der Waals surface area contributed by atoms with Crippen molar-refractivity contribution in [3.05, 3.63) is 59.8 Å². The minimum atomic E-state index is -2.99. The number of amides is 1. The van der Waals surface area contributed by atoms with Gasteiger partial charge in [0.05, 0.1) is 17.1 Å². The topological polar surface area (TPSA) is 79.4 Å². The van der Waals surface area contributed by atoms with Crippen molar-refractivity contribution in [1.82, 2.24) is 9.88 Å². The summed E-state index contributed by atoms with van der Waals surface area (Å²) < 4.78 is 23.0. The smallest absolute Gasteiger partial charge is 0.255 e. The second kappa shape index (κ2) is 7.31. The molecule has 1 saturated heterocycles. The zero-order valence-electron chi connectivity index (χ0n) is 15.0. The third kappa shape index (κ3) is 4.13. The normalized spacial score (nSPS) is 24.1. The fourth-order valence-corrected chi connectivity index (χ4v) is 4.85. The predicted octanol–water partition coefficient (Wildman–Crippen LogP) is 2.31. The monoisotopic (exact) mass is 385 g/mol. The number of carbonyl (C=O) groups is 1. The van der Waals surface area contributed by atoms with E-state index in [4.69, 9.17) is 0 Å². The minimum absolute atomic E-state index is 0.0378. The highest BCUT2D eigenvalue weighted by molar-refractivity contribution is 7.91. The molecule has 7 heteroatoms. The highest BCUT2D eigenvalue weighted by Gasteiger charge is 2.30. The summed E-state index contributed by atoms with van der Waals surface area (Å²) in [7, 11) is -2.99. The van der Waals surface area contributed by atoms with Gasteiger partial charge in [0.25, 0.3) is 5.91 Å². The molecule has 0 bridgehead atoms. The molecule has 0 unspecified atom stereocenters. The van der Waals surface area contributed by atoms with E-state index in [0.717, 1.165) is 18.7 Å². The van der Waals surface area contributed by atoms with E-state index in [-0.39, 0.29) is 30.5 Å². The Bertz CT molecular complexity index is 893. The molecule has 2 aliphatic rings. The first kappa shape index (κ1) is 18.0. The highest BCUT2D eigenvalue weighted by Crippen LogP contribution is 2.38. The average Bonchev–Trinajstić information content (AvgIpc) is 2.65. The van der Waals surface area contributed by atoms with Crippen LogP contribution in [0, 0.1) is 0 Å². The molecule has 0 spiro atoms. The van der Waals surface area contributed by atoms with Crippen molar-refractivity contribution in [2.75, 3.05) is 29.9 Å². The van der Waals surface area contributed by atoms with Crippen LogP contribution < -0.4 is 5.32 Å². The van der Waals surface area contributed by atoms with E-state index in [2.05, 4.69) is 34.6 Å². The number of nitrogens with zero attached hydrogens (tertiary/aromatic N) is 2. The Morgan fingerprint density at radius 1 is 1.04 bits per heavy atom. The van der Waals surface area contributed by atoms with E-state index in [1.807, 2.05) is 12.1 Å². The van der Waals surface area contributed by atoms with Gasteiger partial charge in [-0.15, -0.1) is 0 Å². The van der Waals surface area contributed by atoms with Crippen LogP contribution in [-0.4, -0.2) is 54.8 Å². The Hall–Kier alpha value is -2.41. The Kier molecular flexibility index (Phi) is 4.86. The molecule has 1 saturated carbocycles. The van der Waals surface area contributed by atoms with Gasteiger partial charge in [-0.1, -0.05) is 30.3 Å². The molecule has 2 heterocycles. The van der Waals surface area contributed by atoms with Crippen molar-refractivity contribution in [2.45, 2.75) is 24.8 Å². The van der Waals surface area contributed by atoms with Gasteiger partial charge in [0.2, 0.25) is 0 Å². The molecular formula is C20H23N3O3S. The number of hydrogen-bond donors (Lipinski definition) is 1. The van der Waals surface area contributed by atoms with Gasteiger partial charge in [-0.3, -0.25) is 4.79 Å². The van der Waals surface area contributed by atoms with Crippen LogP contribution in [0.4, 0.5) is 5.82 Å². The van der Waals surface area contributed by atoms with Gasteiger partial charge in [-0.05, 0) is 36.5 Å². The van der Waals surface area contributed by atoms with Gasteiger partial charge in [0.15, 0.2) is 9.84 Å². The molecule has 0 radical (unpaired) electrons. The molecule has 4 rings (SSSR count). The van der Waals surface area contributed by atoms with Gasteiger partial charge in [0.1, 0.15) is 5.82 Å². The summed E-state index contributed by atoms with van der Waals surface area (Å²) in [6.45, 7) is 0.508. The molecule has 1 aliphatic carbocycles. The maximum atomic E-state index is 12.5. The zero-order chi connectivity index (χ0) is 18.9. The molecule has 6 nitrogen and oxygen atoms in total. The first-order chi connectivity index (χ1) is 13.0. The maximum absolute atomic E-state index is 12.5. The number of anilines is 1. The van der Waals surface area contributed by atoms with Crippen molar-refractivity contribution in [3.63, 3.8) is 0 Å². The first-order valence-electron chi connectivity index (χ1n) is 9.27. The lowest BCUT2D eigenvalue weighted by Crippen LogP contribution is -2.43. The van der Waals surface area contributed by atoms with E-state index >= 15 is 0 Å². The summed E-state index contributed by atoms with van der Waals surface area (Å²) in [6.07, 6.45) is 3.73. The highest BCUT2D eigenvalue weighted by atomic mass is 32.2. The number of nitrogens with one attached hydrogen (secondary N) is 1. The molecule has 27 heavy (non-hydrogen) atoms. The fraction of sp³-hybridized carbons (Fsp3) is 0.400. The first-order valence-corrected chi connectivity index (χ1v) is 11.1. The van der Waals surface area contributed by atoms with Gasteiger partial charge in [-0.25, -0.2) is 13.4 Å². The molecule has 1 amide bonds. The second-order valence-corrected chi connectivity index (χ2v) is 9.60. The van der Waals surface area contributed by atoms with Crippen LogP contribution in [0.25, 0.3) is 0 Å². The van der Waals surface area contributed by atoms with Gasteiger partial charge in [-0.2, -0.15) is 0 Å². The summed E-state index contributed by atoms with van der Waals surface area (Å²) in [5.74, 6) is 1.28. The lowest BCUT2D eigenvalue weighted by atomic mass is 9.76. The summed E-state index contributed by atoms with van der Waals surface area (Å²) in [6, 6.07) is 14.5. The zero-order valence-corrected chi connectivity index (χ0v) is 15.9. The summed E-state index contributed by atoms with van der Waals surface area (Å²) >= 11 is 0. The molecule has 1 N–H and O–H groups in total. The molecule has 1 aliphatic heterocycles. The number of pyridine rings is 1. The molecule has 1 aromatic carbocycles.